The van der Waals surface area contributed by atoms with Crippen molar-refractivity contribution < 1.29 is 149 Å². The van der Waals surface area contributed by atoms with Crippen LogP contribution in [0.3, 0.4) is 0 Å². The molecule has 29 atom stereocenters. The van der Waals surface area contributed by atoms with Gasteiger partial charge in [0, 0.05) is 0 Å². The Balaban J connectivity index is 1.01. The van der Waals surface area contributed by atoms with Gasteiger partial charge in [0.1, 0.15) is 140 Å². The van der Waals surface area contributed by atoms with Gasteiger partial charge in [-0.1, -0.05) is 0 Å². The van der Waals surface area contributed by atoms with Gasteiger partial charge in [0.15, 0.2) is 37.7 Å². The number of ether oxygens (including phenoxy) is 11. The first-order chi connectivity index (χ1) is 30.6. The van der Waals surface area contributed by atoms with E-state index < -0.39 is 218 Å². The Kier molecular flexibility index (Phi) is 18.6. The first kappa shape index (κ1) is 53.2. The molecule has 65 heavy (non-hydrogen) atoms. The van der Waals surface area contributed by atoms with Gasteiger partial charge in [0.2, 0.25) is 0 Å². The fourth-order valence-electron chi connectivity index (χ4n) is 7.71. The van der Waals surface area contributed by atoms with Crippen molar-refractivity contribution in [2.75, 3.05) is 39.6 Å². The third-order valence-electron chi connectivity index (χ3n) is 11.9. The summed E-state index contributed by atoms with van der Waals surface area (Å²) >= 11 is 0. The molecule has 0 aromatic carbocycles. The molecule has 0 amide bonds. The highest BCUT2D eigenvalue weighted by molar-refractivity contribution is 4.95. The lowest BCUT2D eigenvalue weighted by Gasteiger charge is -2.44. The van der Waals surface area contributed by atoms with Crippen LogP contribution in [0.25, 0.3) is 0 Å². The maximum absolute atomic E-state index is 10.7. The molecule has 6 heterocycles. The summed E-state index contributed by atoms with van der Waals surface area (Å²) in [4.78, 5) is 0. The van der Waals surface area contributed by atoms with E-state index >= 15 is 0 Å². The van der Waals surface area contributed by atoms with Crippen molar-refractivity contribution in [3.8, 4) is 0 Å². The Morgan fingerprint density at radius 3 is 0.815 bits per heavy atom. The zero-order valence-electron chi connectivity index (χ0n) is 34.0. The minimum absolute atomic E-state index is 0.406. The average molecular weight is 961 g/mol. The summed E-state index contributed by atoms with van der Waals surface area (Å²) in [6.07, 6.45) is -51.6. The number of hydrogen-bond acceptors (Lipinski definition) is 30. The number of aliphatic hydroxyl groups excluding tert-OH is 19. The first-order valence-electron chi connectivity index (χ1n) is 20.5. The van der Waals surface area contributed by atoms with Gasteiger partial charge in [-0.15, -0.1) is 0 Å². The molecule has 6 fully saturated rings. The van der Waals surface area contributed by atoms with Gasteiger partial charge in [-0.2, -0.15) is 0 Å². The molecule has 0 radical (unpaired) electrons. The van der Waals surface area contributed by atoms with Crippen molar-refractivity contribution in [3.05, 3.63) is 0 Å². The van der Waals surface area contributed by atoms with E-state index in [2.05, 4.69) is 0 Å². The van der Waals surface area contributed by atoms with E-state index in [4.69, 9.17) is 52.1 Å². The van der Waals surface area contributed by atoms with Crippen LogP contribution >= 0.6 is 0 Å². The minimum atomic E-state index is -2.00. The molecule has 380 valence electrons. The van der Waals surface area contributed by atoms with E-state index in [0.29, 0.717) is 0 Å². The maximum Gasteiger partial charge on any atom is 0.186 e. The molecule has 6 rings (SSSR count). The number of aliphatic hydroxyl groups is 19. The van der Waals surface area contributed by atoms with Crippen molar-refractivity contribution in [3.63, 3.8) is 0 Å². The Hall–Kier alpha value is -1.20. The Morgan fingerprint density at radius 1 is 0.262 bits per heavy atom. The molecular weight excluding hydrogens is 900 g/mol. The van der Waals surface area contributed by atoms with Gasteiger partial charge >= 0.3 is 0 Å². The molecule has 0 unspecified atom stereocenters. The third-order valence-corrected chi connectivity index (χ3v) is 11.9. The molecule has 30 nitrogen and oxygen atoms in total. The van der Waals surface area contributed by atoms with Crippen LogP contribution in [0.4, 0.5) is 0 Å². The van der Waals surface area contributed by atoms with Gasteiger partial charge in [-0.3, -0.25) is 0 Å². The lowest BCUT2D eigenvalue weighted by molar-refractivity contribution is -0.351. The van der Waals surface area contributed by atoms with E-state index in [1.807, 2.05) is 0 Å². The van der Waals surface area contributed by atoms with Crippen molar-refractivity contribution >= 4 is 0 Å². The Labute approximate surface area is 366 Å². The molecule has 0 bridgehead atoms. The van der Waals surface area contributed by atoms with Crippen LogP contribution in [0.1, 0.15) is 0 Å². The molecule has 6 aliphatic heterocycles. The molecule has 0 aromatic rings. The Morgan fingerprint density at radius 2 is 0.508 bits per heavy atom. The first-order valence-corrected chi connectivity index (χ1v) is 20.5. The van der Waals surface area contributed by atoms with Gasteiger partial charge in [0.25, 0.3) is 0 Å². The van der Waals surface area contributed by atoms with Gasteiger partial charge in [0.05, 0.1) is 39.6 Å². The monoisotopic (exact) mass is 960 g/mol. The maximum atomic E-state index is 10.7. The molecule has 0 spiro atoms. The van der Waals surface area contributed by atoms with Crippen LogP contribution in [0.15, 0.2) is 0 Å². The van der Waals surface area contributed by atoms with Crippen LogP contribution in [0.5, 0.6) is 0 Å². The van der Waals surface area contributed by atoms with E-state index in [0.717, 1.165) is 0 Å². The smallest absolute Gasteiger partial charge is 0.186 e. The van der Waals surface area contributed by atoms with E-state index in [1.165, 1.54) is 0 Å². The zero-order valence-corrected chi connectivity index (χ0v) is 34.0. The summed E-state index contributed by atoms with van der Waals surface area (Å²) in [6.45, 7) is -4.00. The zero-order chi connectivity index (χ0) is 47.8. The normalized spacial score (nSPS) is 53.5. The molecule has 30 heteroatoms. The highest BCUT2D eigenvalue weighted by atomic mass is 16.8. The summed E-state index contributed by atoms with van der Waals surface area (Å²) in [5.74, 6) is 0. The summed E-state index contributed by atoms with van der Waals surface area (Å²) in [7, 11) is 0. The van der Waals surface area contributed by atoms with Crippen LogP contribution in [0, 0.1) is 0 Å². The van der Waals surface area contributed by atoms with Crippen LogP contribution in [-0.2, 0) is 52.1 Å². The molecule has 6 saturated heterocycles. The summed E-state index contributed by atoms with van der Waals surface area (Å²) < 4.78 is 59.6. The number of hydrogen-bond donors (Lipinski definition) is 19. The second kappa shape index (κ2) is 22.7. The number of rotatable bonds is 15. The van der Waals surface area contributed by atoms with Gasteiger partial charge < -0.3 is 149 Å². The fourth-order valence-corrected chi connectivity index (χ4v) is 7.71. The van der Waals surface area contributed by atoms with Crippen LogP contribution in [0.2, 0.25) is 0 Å². The molecule has 0 aliphatic carbocycles. The largest absolute Gasteiger partial charge is 0.388 e. The highest BCUT2D eigenvalue weighted by Crippen LogP contribution is 2.31. The minimum Gasteiger partial charge on any atom is -0.388 e. The summed E-state index contributed by atoms with van der Waals surface area (Å²) in [5, 5.41) is 196. The van der Waals surface area contributed by atoms with Crippen molar-refractivity contribution in [2.24, 2.45) is 0 Å². The van der Waals surface area contributed by atoms with E-state index in [1.54, 1.807) is 0 Å². The lowest BCUT2D eigenvalue weighted by atomic mass is 9.97. The Bertz CT molecular complexity index is 1460. The predicted octanol–water partition coefficient (Wildman–Crippen LogP) is -13.5. The van der Waals surface area contributed by atoms with Crippen LogP contribution in [-0.4, -0.2) is 315 Å². The van der Waals surface area contributed by atoms with Crippen LogP contribution < -0.4 is 0 Å². The predicted molar refractivity (Wildman–Crippen MR) is 193 cm³/mol. The molecule has 6 aliphatic rings. The van der Waals surface area contributed by atoms with Crippen molar-refractivity contribution in [1.82, 2.24) is 0 Å². The highest BCUT2D eigenvalue weighted by Gasteiger charge is 2.52. The average Bonchev–Trinajstić information content (AvgIpc) is 3.28. The quantitative estimate of drug-likeness (QED) is 0.0724. The molecule has 0 aromatic heterocycles. The van der Waals surface area contributed by atoms with E-state index in [9.17, 15) is 97.0 Å². The standard InChI is InChI=1S/C35H60O30/c36-7-1-55-31(25(49)13(7)37)56-3-9-15(39)20(44)27(51)33(62-9)58-5-11-17(41)22(46)29(53)35(64-11)60-6-12-18(42)23(47)28(52)34(65-12)59-4-10-16(40)21(45)26(50)32(63-10)57-2-8-14(38)19(43)24(48)30(54)61-8/h7-54H,1-6H2/t7-,8-,9-,10-,11-,12-,13+,14-,15-,16-,17-,18-,19+,20+,21+,22+,23+,24-,25-,26-,27-,28-,29-,30+,31+,32-,33-,34-,35-/m1/s1. The molecule has 0 saturated carbocycles. The summed E-state index contributed by atoms with van der Waals surface area (Å²) in [5.41, 5.74) is 0. The van der Waals surface area contributed by atoms with Gasteiger partial charge in [-0.05, 0) is 0 Å². The second-order valence-corrected chi connectivity index (χ2v) is 16.5. The fraction of sp³-hybridized carbons (Fsp3) is 1.00. The van der Waals surface area contributed by atoms with Gasteiger partial charge in [-0.25, -0.2) is 0 Å². The second-order valence-electron chi connectivity index (χ2n) is 16.5. The molecular formula is C35H60O30. The lowest BCUT2D eigenvalue weighted by Crippen LogP contribution is -2.63. The van der Waals surface area contributed by atoms with Crippen molar-refractivity contribution in [1.29, 1.82) is 0 Å². The topological polar surface area (TPSA) is 486 Å². The van der Waals surface area contributed by atoms with Crippen molar-refractivity contribution in [2.45, 2.75) is 178 Å². The third kappa shape index (κ3) is 11.7. The van der Waals surface area contributed by atoms with E-state index in [-0.39, 0.29) is 0 Å². The summed E-state index contributed by atoms with van der Waals surface area (Å²) in [6, 6.07) is 0. The SMILES string of the molecule is O[C@@H]1[C@@H](O)[C@@H](O)O[C@H](CO[C@@H]2O[C@H](CO[C@@H]3O[C@H](CO[C@@H]4O[C@H](CO[C@@H]5O[C@H](CO[C@@H]6OC[C@@H](O)[C@H](O)[C@H]6O)[C@@H](O)[C@H](O)[C@H]5O)[C@@H](O)[C@H](O)[C@H]4O)[C@@H](O)[C@H](O)[C@H]3O)[C@@H](O)[C@H](O)[C@H]2O)[C@H]1O. The molecule has 19 N–H and O–H groups in total.